The number of hydrogen-bond acceptors (Lipinski definition) is 5. The van der Waals surface area contributed by atoms with Crippen molar-refractivity contribution in [3.05, 3.63) is 70.5 Å². The van der Waals surface area contributed by atoms with E-state index in [-0.39, 0.29) is 23.5 Å². The number of nitrogens with zero attached hydrogens (tertiary/aromatic N) is 1. The predicted molar refractivity (Wildman–Crippen MR) is 95.8 cm³/mol. The molecule has 3 rings (SSSR count). The van der Waals surface area contributed by atoms with Gasteiger partial charge < -0.3 is 10.1 Å². The third-order valence-corrected chi connectivity index (χ3v) is 4.26. The van der Waals surface area contributed by atoms with Gasteiger partial charge in [0, 0.05) is 6.54 Å². The summed E-state index contributed by atoms with van der Waals surface area (Å²) in [5.74, 6) is -3.01. The maximum Gasteiger partial charge on any atom is 0.326 e. The minimum Gasteiger partial charge on any atom is -0.454 e. The van der Waals surface area contributed by atoms with Crippen molar-refractivity contribution in [2.24, 2.45) is 0 Å². The van der Waals surface area contributed by atoms with Gasteiger partial charge in [0.15, 0.2) is 6.61 Å². The molecule has 7 nitrogen and oxygen atoms in total. The molecule has 0 fully saturated rings. The van der Waals surface area contributed by atoms with Gasteiger partial charge in [0.1, 0.15) is 12.4 Å². The summed E-state index contributed by atoms with van der Waals surface area (Å²) < 4.78 is 18.3. The number of aryl methyl sites for hydroxylation is 1. The molecule has 0 bridgehead atoms. The number of esters is 1. The molecule has 0 saturated carbocycles. The summed E-state index contributed by atoms with van der Waals surface area (Å²) in [5, 5.41) is 2.50. The molecule has 0 spiro atoms. The number of rotatable bonds is 6. The number of benzene rings is 2. The van der Waals surface area contributed by atoms with Crippen LogP contribution < -0.4 is 5.32 Å². The van der Waals surface area contributed by atoms with E-state index < -0.39 is 36.8 Å². The van der Waals surface area contributed by atoms with Crippen molar-refractivity contribution in [3.8, 4) is 0 Å². The fourth-order valence-electron chi connectivity index (χ4n) is 2.70. The molecule has 28 heavy (non-hydrogen) atoms. The number of fused-ring (bicyclic) bond motifs is 1. The lowest BCUT2D eigenvalue weighted by atomic mass is 10.1. The minimum absolute atomic E-state index is 0.0754. The smallest absolute Gasteiger partial charge is 0.326 e. The molecular formula is C20H17FN2O5. The van der Waals surface area contributed by atoms with Crippen LogP contribution in [0.3, 0.4) is 0 Å². The van der Waals surface area contributed by atoms with Crippen LogP contribution >= 0.6 is 0 Å². The maximum absolute atomic E-state index is 13.5. The van der Waals surface area contributed by atoms with Crippen molar-refractivity contribution < 1.29 is 28.3 Å². The van der Waals surface area contributed by atoms with Crippen LogP contribution in [0.15, 0.2) is 42.5 Å². The second kappa shape index (κ2) is 7.99. The zero-order chi connectivity index (χ0) is 20.3. The number of nitrogens with one attached hydrogen (secondary N) is 1. The second-order valence-electron chi connectivity index (χ2n) is 6.26. The van der Waals surface area contributed by atoms with E-state index in [9.17, 15) is 23.6 Å². The highest BCUT2D eigenvalue weighted by atomic mass is 19.1. The van der Waals surface area contributed by atoms with Gasteiger partial charge in [-0.2, -0.15) is 0 Å². The van der Waals surface area contributed by atoms with Crippen molar-refractivity contribution in [1.82, 2.24) is 10.2 Å². The summed E-state index contributed by atoms with van der Waals surface area (Å²) in [4.78, 5) is 48.8. The van der Waals surface area contributed by atoms with Gasteiger partial charge >= 0.3 is 5.97 Å². The SMILES string of the molecule is Cc1ccc(CNC(=O)COC(=O)CN2C(=O)c3ccccc3C2=O)cc1F. The van der Waals surface area contributed by atoms with E-state index in [1.807, 2.05) is 0 Å². The van der Waals surface area contributed by atoms with E-state index in [0.29, 0.717) is 11.1 Å². The Morgan fingerprint density at radius 2 is 1.71 bits per heavy atom. The fraction of sp³-hybridized carbons (Fsp3) is 0.200. The number of hydrogen-bond donors (Lipinski definition) is 1. The topological polar surface area (TPSA) is 92.8 Å². The zero-order valence-electron chi connectivity index (χ0n) is 15.0. The van der Waals surface area contributed by atoms with Gasteiger partial charge in [0.05, 0.1) is 11.1 Å². The Hall–Kier alpha value is -3.55. The largest absolute Gasteiger partial charge is 0.454 e. The third kappa shape index (κ3) is 4.06. The van der Waals surface area contributed by atoms with Crippen LogP contribution in [0, 0.1) is 12.7 Å². The number of ether oxygens (including phenoxy) is 1. The highest BCUT2D eigenvalue weighted by Crippen LogP contribution is 2.22. The molecule has 0 radical (unpaired) electrons. The summed E-state index contributed by atoms with van der Waals surface area (Å²) in [6.45, 7) is 0.552. The van der Waals surface area contributed by atoms with Crippen molar-refractivity contribution in [1.29, 1.82) is 0 Å². The van der Waals surface area contributed by atoms with Gasteiger partial charge in [0.2, 0.25) is 0 Å². The summed E-state index contributed by atoms with van der Waals surface area (Å²) in [6.07, 6.45) is 0. The van der Waals surface area contributed by atoms with E-state index >= 15 is 0 Å². The molecule has 1 heterocycles. The molecule has 0 aliphatic carbocycles. The number of amides is 3. The van der Waals surface area contributed by atoms with Crippen LogP contribution in [0.25, 0.3) is 0 Å². The molecule has 0 saturated heterocycles. The third-order valence-electron chi connectivity index (χ3n) is 4.26. The average Bonchev–Trinajstić information content (AvgIpc) is 2.92. The van der Waals surface area contributed by atoms with Crippen LogP contribution in [-0.4, -0.2) is 41.7 Å². The van der Waals surface area contributed by atoms with Crippen LogP contribution in [0.1, 0.15) is 31.8 Å². The standard InChI is InChI=1S/C20H17FN2O5/c1-12-6-7-13(8-16(12)21)9-22-17(24)11-28-18(25)10-23-19(26)14-4-2-3-5-15(14)20(23)27/h2-8H,9-11H2,1H3,(H,22,24). The van der Waals surface area contributed by atoms with E-state index in [1.54, 1.807) is 31.2 Å². The Bertz CT molecular complexity index is 938. The normalized spacial score (nSPS) is 12.7. The molecule has 0 atom stereocenters. The first-order chi connectivity index (χ1) is 13.4. The van der Waals surface area contributed by atoms with Gasteiger partial charge in [-0.1, -0.05) is 24.3 Å². The maximum atomic E-state index is 13.5. The van der Waals surface area contributed by atoms with E-state index in [0.717, 1.165) is 4.90 Å². The summed E-state index contributed by atoms with van der Waals surface area (Å²) in [6, 6.07) is 10.8. The molecule has 1 aliphatic rings. The first kappa shape index (κ1) is 19.2. The van der Waals surface area contributed by atoms with Crippen molar-refractivity contribution in [2.75, 3.05) is 13.2 Å². The molecule has 2 aromatic carbocycles. The number of imide groups is 1. The van der Waals surface area contributed by atoms with Crippen LogP contribution in [0.5, 0.6) is 0 Å². The lowest BCUT2D eigenvalue weighted by Gasteiger charge is -2.13. The van der Waals surface area contributed by atoms with Gasteiger partial charge in [-0.15, -0.1) is 0 Å². The molecule has 0 unspecified atom stereocenters. The van der Waals surface area contributed by atoms with E-state index in [4.69, 9.17) is 4.74 Å². The van der Waals surface area contributed by atoms with Gasteiger partial charge in [0.25, 0.3) is 17.7 Å². The highest BCUT2D eigenvalue weighted by Gasteiger charge is 2.36. The minimum atomic E-state index is -0.883. The van der Waals surface area contributed by atoms with Crippen molar-refractivity contribution >= 4 is 23.7 Å². The quantitative estimate of drug-likeness (QED) is 0.603. The predicted octanol–water partition coefficient (Wildman–Crippen LogP) is 1.59. The fourth-order valence-corrected chi connectivity index (χ4v) is 2.70. The zero-order valence-corrected chi connectivity index (χ0v) is 15.0. The van der Waals surface area contributed by atoms with Gasteiger partial charge in [-0.25, -0.2) is 4.39 Å². The van der Waals surface area contributed by atoms with Crippen molar-refractivity contribution in [3.63, 3.8) is 0 Å². The Morgan fingerprint density at radius 3 is 2.32 bits per heavy atom. The average molecular weight is 384 g/mol. The molecular weight excluding hydrogens is 367 g/mol. The summed E-state index contributed by atoms with van der Waals surface area (Å²) in [7, 11) is 0. The second-order valence-corrected chi connectivity index (χ2v) is 6.26. The number of carbonyl (C=O) groups is 4. The molecule has 2 aromatic rings. The van der Waals surface area contributed by atoms with Crippen LogP contribution in [-0.2, 0) is 20.9 Å². The Morgan fingerprint density at radius 1 is 1.07 bits per heavy atom. The Balaban J connectivity index is 1.47. The first-order valence-corrected chi connectivity index (χ1v) is 8.49. The molecule has 3 amide bonds. The monoisotopic (exact) mass is 384 g/mol. The highest BCUT2D eigenvalue weighted by molar-refractivity contribution is 6.22. The van der Waals surface area contributed by atoms with Crippen LogP contribution in [0.2, 0.25) is 0 Å². The molecule has 8 heteroatoms. The van der Waals surface area contributed by atoms with E-state index in [1.165, 1.54) is 18.2 Å². The number of halogens is 1. The molecule has 1 aliphatic heterocycles. The number of carbonyl (C=O) groups excluding carboxylic acids is 4. The molecule has 0 aromatic heterocycles. The first-order valence-electron chi connectivity index (χ1n) is 8.49. The van der Waals surface area contributed by atoms with Gasteiger partial charge in [-0.3, -0.25) is 24.1 Å². The van der Waals surface area contributed by atoms with Crippen molar-refractivity contribution in [2.45, 2.75) is 13.5 Å². The van der Waals surface area contributed by atoms with Crippen LogP contribution in [0.4, 0.5) is 4.39 Å². The lowest BCUT2D eigenvalue weighted by Crippen LogP contribution is -2.37. The Labute approximate surface area is 160 Å². The van der Waals surface area contributed by atoms with E-state index in [2.05, 4.69) is 5.32 Å². The Kier molecular flexibility index (Phi) is 5.49. The van der Waals surface area contributed by atoms with Gasteiger partial charge in [-0.05, 0) is 36.2 Å². The summed E-state index contributed by atoms with van der Waals surface area (Å²) >= 11 is 0. The molecule has 144 valence electrons. The summed E-state index contributed by atoms with van der Waals surface area (Å²) in [5.41, 5.74) is 1.51. The molecule has 1 N–H and O–H groups in total. The lowest BCUT2D eigenvalue weighted by molar-refractivity contribution is -0.148.